The van der Waals surface area contributed by atoms with Gasteiger partial charge in [-0.05, 0) is 27.2 Å². The van der Waals surface area contributed by atoms with Crippen molar-refractivity contribution in [2.24, 2.45) is 5.92 Å². The fourth-order valence-corrected chi connectivity index (χ4v) is 0.704. The third kappa shape index (κ3) is 6.14. The van der Waals surface area contributed by atoms with Crippen LogP contribution in [0.4, 0.5) is 0 Å². The van der Waals surface area contributed by atoms with Gasteiger partial charge in [0.05, 0.1) is 24.2 Å². The number of nitriles is 1. The van der Waals surface area contributed by atoms with E-state index >= 15 is 0 Å². The van der Waals surface area contributed by atoms with E-state index in [1.807, 2.05) is 26.8 Å². The summed E-state index contributed by atoms with van der Waals surface area (Å²) in [6.07, 6.45) is 0.601. The van der Waals surface area contributed by atoms with Crippen LogP contribution in [0.1, 0.15) is 27.2 Å². The Labute approximate surface area is 74.0 Å². The van der Waals surface area contributed by atoms with Crippen molar-refractivity contribution in [1.82, 2.24) is 0 Å². The van der Waals surface area contributed by atoms with Crippen LogP contribution in [0.25, 0.3) is 0 Å². The van der Waals surface area contributed by atoms with Crippen molar-refractivity contribution in [3.05, 3.63) is 0 Å². The van der Waals surface area contributed by atoms with Gasteiger partial charge in [-0.2, -0.15) is 5.26 Å². The molecule has 0 radical (unpaired) electrons. The van der Waals surface area contributed by atoms with Gasteiger partial charge >= 0.3 is 0 Å². The van der Waals surface area contributed by atoms with E-state index in [4.69, 9.17) is 15.1 Å². The molecule has 0 aliphatic rings. The molecule has 1 unspecified atom stereocenters. The molecule has 0 rings (SSSR count). The summed E-state index contributed by atoms with van der Waals surface area (Å²) in [4.78, 5) is 0. The molecule has 0 fully saturated rings. The van der Waals surface area contributed by atoms with Gasteiger partial charge in [0.2, 0.25) is 0 Å². The molecule has 0 aromatic heterocycles. The van der Waals surface area contributed by atoms with Crippen LogP contribution in [-0.2, 0) is 4.74 Å². The molecule has 1 N–H and O–H groups in total. The lowest BCUT2D eigenvalue weighted by atomic mass is 10.1. The van der Waals surface area contributed by atoms with Crippen LogP contribution in [0.2, 0.25) is 0 Å². The van der Waals surface area contributed by atoms with Gasteiger partial charge in [0.15, 0.2) is 0 Å². The van der Waals surface area contributed by atoms with Crippen molar-refractivity contribution in [2.75, 3.05) is 13.2 Å². The average molecular weight is 171 g/mol. The van der Waals surface area contributed by atoms with Gasteiger partial charge in [-0.1, -0.05) is 0 Å². The molecule has 0 amide bonds. The van der Waals surface area contributed by atoms with Crippen LogP contribution < -0.4 is 0 Å². The molecule has 0 aliphatic carbocycles. The molecule has 1 atom stereocenters. The smallest absolute Gasteiger partial charge is 0.0716 e. The average Bonchev–Trinajstić information content (AvgIpc) is 1.96. The molecule has 3 nitrogen and oxygen atoms in total. The Morgan fingerprint density at radius 1 is 1.50 bits per heavy atom. The zero-order chi connectivity index (χ0) is 9.61. The van der Waals surface area contributed by atoms with Crippen LogP contribution in [0.3, 0.4) is 0 Å². The van der Waals surface area contributed by atoms with Gasteiger partial charge in [0.25, 0.3) is 0 Å². The summed E-state index contributed by atoms with van der Waals surface area (Å²) in [5.74, 6) is -0.285. The summed E-state index contributed by atoms with van der Waals surface area (Å²) < 4.78 is 5.40. The van der Waals surface area contributed by atoms with Crippen molar-refractivity contribution in [3.63, 3.8) is 0 Å². The Balaban J connectivity index is 3.50. The van der Waals surface area contributed by atoms with E-state index in [-0.39, 0.29) is 18.1 Å². The highest BCUT2D eigenvalue weighted by atomic mass is 16.5. The van der Waals surface area contributed by atoms with Crippen LogP contribution in [0.5, 0.6) is 0 Å². The minimum Gasteiger partial charge on any atom is -0.395 e. The molecule has 3 heteroatoms. The molecule has 0 saturated heterocycles. The minimum absolute atomic E-state index is 0.0794. The Morgan fingerprint density at radius 2 is 2.08 bits per heavy atom. The lowest BCUT2D eigenvalue weighted by molar-refractivity contribution is -0.00918. The number of ether oxygens (including phenoxy) is 1. The summed E-state index contributed by atoms with van der Waals surface area (Å²) in [5.41, 5.74) is -0.157. The van der Waals surface area contributed by atoms with Gasteiger partial charge < -0.3 is 9.84 Å². The van der Waals surface area contributed by atoms with E-state index in [0.29, 0.717) is 13.0 Å². The normalized spacial score (nSPS) is 13.9. The molecule has 12 heavy (non-hydrogen) atoms. The van der Waals surface area contributed by atoms with Gasteiger partial charge in [-0.25, -0.2) is 0 Å². The molecule has 70 valence electrons. The first-order valence-corrected chi connectivity index (χ1v) is 4.14. The highest BCUT2D eigenvalue weighted by Crippen LogP contribution is 2.09. The van der Waals surface area contributed by atoms with Crippen LogP contribution in [-0.4, -0.2) is 23.9 Å². The van der Waals surface area contributed by atoms with Crippen LogP contribution in [0.15, 0.2) is 0 Å². The van der Waals surface area contributed by atoms with Crippen molar-refractivity contribution in [1.29, 1.82) is 5.26 Å². The first-order valence-electron chi connectivity index (χ1n) is 4.14. The summed E-state index contributed by atoms with van der Waals surface area (Å²) in [6.45, 7) is 6.35. The van der Waals surface area contributed by atoms with E-state index in [1.165, 1.54) is 0 Å². The van der Waals surface area contributed by atoms with E-state index in [1.54, 1.807) is 0 Å². The fraction of sp³-hybridized carbons (Fsp3) is 0.889. The fourth-order valence-electron chi connectivity index (χ4n) is 0.704. The lowest BCUT2D eigenvalue weighted by Crippen LogP contribution is -2.21. The van der Waals surface area contributed by atoms with Gasteiger partial charge in [0.1, 0.15) is 0 Å². The SMILES string of the molecule is CC(C)(C)OCCC(C#N)CO. The molecule has 0 aromatic rings. The Bertz CT molecular complexity index is 155. The van der Waals surface area contributed by atoms with Gasteiger partial charge in [-0.3, -0.25) is 0 Å². The molecule has 0 aliphatic heterocycles. The second kappa shape index (κ2) is 5.13. The number of aliphatic hydroxyl groups excluding tert-OH is 1. The number of hydrogen-bond acceptors (Lipinski definition) is 3. The van der Waals surface area contributed by atoms with E-state index in [0.717, 1.165) is 0 Å². The van der Waals surface area contributed by atoms with Crippen LogP contribution >= 0.6 is 0 Å². The zero-order valence-corrected chi connectivity index (χ0v) is 8.00. The maximum atomic E-state index is 8.68. The Morgan fingerprint density at radius 3 is 2.42 bits per heavy atom. The molecular formula is C9H17NO2. The zero-order valence-electron chi connectivity index (χ0n) is 8.00. The number of aliphatic hydroxyl groups is 1. The summed E-state index contributed by atoms with van der Waals surface area (Å²) in [7, 11) is 0. The summed E-state index contributed by atoms with van der Waals surface area (Å²) in [5, 5.41) is 17.2. The number of rotatable bonds is 4. The lowest BCUT2D eigenvalue weighted by Gasteiger charge is -2.19. The molecule has 0 bridgehead atoms. The predicted octanol–water partition coefficient (Wildman–Crippen LogP) is 1.32. The van der Waals surface area contributed by atoms with Crippen molar-refractivity contribution in [3.8, 4) is 6.07 Å². The van der Waals surface area contributed by atoms with Crippen molar-refractivity contribution in [2.45, 2.75) is 32.8 Å². The maximum Gasteiger partial charge on any atom is 0.0716 e. The quantitative estimate of drug-likeness (QED) is 0.694. The minimum atomic E-state index is -0.285. The topological polar surface area (TPSA) is 53.2 Å². The van der Waals surface area contributed by atoms with Gasteiger partial charge in [-0.15, -0.1) is 0 Å². The van der Waals surface area contributed by atoms with E-state index in [2.05, 4.69) is 0 Å². The molecule has 0 heterocycles. The molecule has 0 saturated carbocycles. The maximum absolute atomic E-state index is 8.68. The Hall–Kier alpha value is -0.590. The largest absolute Gasteiger partial charge is 0.395 e. The first-order chi connectivity index (χ1) is 5.49. The van der Waals surface area contributed by atoms with Crippen molar-refractivity contribution >= 4 is 0 Å². The van der Waals surface area contributed by atoms with E-state index in [9.17, 15) is 0 Å². The third-order valence-electron chi connectivity index (χ3n) is 1.40. The Kier molecular flexibility index (Phi) is 4.87. The molecule has 0 spiro atoms. The van der Waals surface area contributed by atoms with Crippen molar-refractivity contribution < 1.29 is 9.84 Å². The monoisotopic (exact) mass is 171 g/mol. The first kappa shape index (κ1) is 11.4. The number of hydrogen-bond donors (Lipinski definition) is 1. The molecule has 0 aromatic carbocycles. The highest BCUT2D eigenvalue weighted by molar-refractivity contribution is 4.81. The molecular weight excluding hydrogens is 154 g/mol. The van der Waals surface area contributed by atoms with Crippen LogP contribution in [0, 0.1) is 17.2 Å². The third-order valence-corrected chi connectivity index (χ3v) is 1.40. The second-order valence-electron chi connectivity index (χ2n) is 3.76. The second-order valence-corrected chi connectivity index (χ2v) is 3.76. The standard InChI is InChI=1S/C9H17NO2/c1-9(2,3)12-5-4-8(6-10)7-11/h8,11H,4-5,7H2,1-3H3. The predicted molar refractivity (Wildman–Crippen MR) is 46.5 cm³/mol. The highest BCUT2D eigenvalue weighted by Gasteiger charge is 2.11. The summed E-state index contributed by atoms with van der Waals surface area (Å²) in [6, 6.07) is 2.01. The summed E-state index contributed by atoms with van der Waals surface area (Å²) >= 11 is 0. The number of nitrogens with zero attached hydrogens (tertiary/aromatic N) is 1. The van der Waals surface area contributed by atoms with Gasteiger partial charge in [0, 0.05) is 6.61 Å². The van der Waals surface area contributed by atoms with E-state index < -0.39 is 0 Å².